The van der Waals surface area contributed by atoms with Crippen LogP contribution in [0.15, 0.2) is 0 Å². The Kier molecular flexibility index (Phi) is 5.24. The van der Waals surface area contributed by atoms with Crippen LogP contribution in [-0.2, 0) is 14.3 Å². The fraction of sp³-hybridized carbons (Fsp3) is 0.900. The van der Waals surface area contributed by atoms with Gasteiger partial charge in [-0.2, -0.15) is 13.2 Å². The van der Waals surface area contributed by atoms with Crippen molar-refractivity contribution in [2.45, 2.75) is 50.3 Å². The Labute approximate surface area is 108 Å². The molecule has 1 fully saturated rings. The van der Waals surface area contributed by atoms with Crippen molar-refractivity contribution < 1.29 is 27.4 Å². The van der Waals surface area contributed by atoms with Gasteiger partial charge in [0.15, 0.2) is 0 Å². The Bertz CT molecular complexity index is 301. The molecule has 18 heavy (non-hydrogen) atoms. The highest BCUT2D eigenvalue weighted by Gasteiger charge is 2.44. The van der Waals surface area contributed by atoms with Crippen LogP contribution in [0.5, 0.6) is 0 Å². The van der Waals surface area contributed by atoms with Crippen molar-refractivity contribution in [1.82, 2.24) is 5.32 Å². The Morgan fingerprint density at radius 3 is 2.67 bits per heavy atom. The average Bonchev–Trinajstić information content (AvgIpc) is 2.21. The summed E-state index contributed by atoms with van der Waals surface area (Å²) in [6.07, 6.45) is -5.98. The molecule has 1 amide bonds. The molecule has 0 aliphatic carbocycles. The molecular weight excluding hydrogens is 275 g/mol. The zero-order chi connectivity index (χ0) is 13.9. The second-order valence-corrected chi connectivity index (χ2v) is 4.47. The molecule has 0 aromatic rings. The minimum atomic E-state index is -4.92. The molecule has 4 atom stereocenters. The Morgan fingerprint density at radius 2 is 2.17 bits per heavy atom. The van der Waals surface area contributed by atoms with E-state index in [0.717, 1.165) is 0 Å². The monoisotopic (exact) mass is 289 g/mol. The van der Waals surface area contributed by atoms with Gasteiger partial charge in [0.1, 0.15) is 11.7 Å². The van der Waals surface area contributed by atoms with Gasteiger partial charge in [0.05, 0.1) is 12.1 Å². The van der Waals surface area contributed by atoms with Gasteiger partial charge in [-0.3, -0.25) is 4.79 Å². The van der Waals surface area contributed by atoms with Crippen LogP contribution >= 0.6 is 11.6 Å². The number of carbonyl (C=O) groups is 1. The number of hydrogen-bond donors (Lipinski definition) is 1. The SMILES string of the molecule is CCO[C@@H]1[C@@H](NC(=O)C(F)(F)F)C[C@@H](Cl)O[C@@H]1C. The minimum absolute atomic E-state index is 0.0678. The molecule has 0 saturated carbocycles. The third-order valence-electron chi connectivity index (χ3n) is 2.59. The molecule has 1 aliphatic rings. The van der Waals surface area contributed by atoms with Gasteiger partial charge in [-0.1, -0.05) is 11.6 Å². The summed E-state index contributed by atoms with van der Waals surface area (Å²) in [4.78, 5) is 10.9. The molecule has 0 spiro atoms. The maximum Gasteiger partial charge on any atom is 0.471 e. The maximum atomic E-state index is 12.2. The molecule has 1 heterocycles. The zero-order valence-electron chi connectivity index (χ0n) is 9.96. The molecule has 0 aromatic carbocycles. The summed E-state index contributed by atoms with van der Waals surface area (Å²) in [5, 5.41) is 1.90. The van der Waals surface area contributed by atoms with Gasteiger partial charge in [-0.05, 0) is 13.8 Å². The van der Waals surface area contributed by atoms with E-state index in [4.69, 9.17) is 21.1 Å². The molecule has 0 unspecified atom stereocenters. The van der Waals surface area contributed by atoms with Crippen LogP contribution in [0, 0.1) is 0 Å². The third-order valence-corrected chi connectivity index (χ3v) is 2.87. The molecule has 0 bridgehead atoms. The van der Waals surface area contributed by atoms with Crippen molar-refractivity contribution in [3.63, 3.8) is 0 Å². The van der Waals surface area contributed by atoms with Gasteiger partial charge < -0.3 is 14.8 Å². The van der Waals surface area contributed by atoms with E-state index in [1.807, 2.05) is 5.32 Å². The van der Waals surface area contributed by atoms with Crippen LogP contribution in [0.2, 0.25) is 0 Å². The van der Waals surface area contributed by atoms with Crippen molar-refractivity contribution in [1.29, 1.82) is 0 Å². The Balaban J connectivity index is 2.72. The Morgan fingerprint density at radius 1 is 1.56 bits per heavy atom. The van der Waals surface area contributed by atoms with Crippen LogP contribution < -0.4 is 5.32 Å². The second kappa shape index (κ2) is 6.08. The van der Waals surface area contributed by atoms with Crippen molar-refractivity contribution in [2.75, 3.05) is 6.61 Å². The molecular formula is C10H15ClF3NO3. The summed E-state index contributed by atoms with van der Waals surface area (Å²) in [6, 6.07) is -0.815. The molecule has 1 aliphatic heterocycles. The standard InChI is InChI=1S/C10H15ClF3NO3/c1-3-17-8-5(2)18-7(11)4-6(8)15-9(16)10(12,13)14/h5-8H,3-4H2,1-2H3,(H,15,16)/t5-,6+,7+,8+/m1/s1. The molecule has 1 N–H and O–H groups in total. The van der Waals surface area contributed by atoms with E-state index < -0.39 is 35.9 Å². The van der Waals surface area contributed by atoms with Crippen LogP contribution in [0.4, 0.5) is 13.2 Å². The molecule has 1 saturated heterocycles. The van der Waals surface area contributed by atoms with E-state index in [9.17, 15) is 18.0 Å². The van der Waals surface area contributed by atoms with Crippen LogP contribution in [0.3, 0.4) is 0 Å². The first-order valence-electron chi connectivity index (χ1n) is 5.54. The van der Waals surface area contributed by atoms with Gasteiger partial charge in [0.25, 0.3) is 0 Å². The Hall–Kier alpha value is -0.530. The van der Waals surface area contributed by atoms with Gasteiger partial charge in [0.2, 0.25) is 0 Å². The summed E-state index contributed by atoms with van der Waals surface area (Å²) >= 11 is 5.76. The van der Waals surface area contributed by atoms with Crippen LogP contribution in [0.25, 0.3) is 0 Å². The van der Waals surface area contributed by atoms with Crippen LogP contribution in [-0.4, -0.2) is 42.5 Å². The number of rotatable bonds is 3. The average molecular weight is 290 g/mol. The number of amides is 1. The summed E-state index contributed by atoms with van der Waals surface area (Å²) in [6.45, 7) is 3.66. The van der Waals surface area contributed by atoms with Gasteiger partial charge >= 0.3 is 12.1 Å². The fourth-order valence-electron chi connectivity index (χ4n) is 1.86. The van der Waals surface area contributed by atoms with Crippen LogP contribution in [0.1, 0.15) is 20.3 Å². The topological polar surface area (TPSA) is 47.6 Å². The summed E-state index contributed by atoms with van der Waals surface area (Å²) < 4.78 is 47.1. The lowest BCUT2D eigenvalue weighted by atomic mass is 10.00. The van der Waals surface area contributed by atoms with E-state index in [-0.39, 0.29) is 6.42 Å². The highest BCUT2D eigenvalue weighted by atomic mass is 35.5. The molecule has 0 aromatic heterocycles. The first-order chi connectivity index (χ1) is 8.25. The van der Waals surface area contributed by atoms with Crippen molar-refractivity contribution in [3.8, 4) is 0 Å². The smallest absolute Gasteiger partial charge is 0.374 e. The lowest BCUT2D eigenvalue weighted by Crippen LogP contribution is -2.57. The first kappa shape index (κ1) is 15.5. The molecule has 0 radical (unpaired) electrons. The van der Waals surface area contributed by atoms with E-state index in [1.165, 1.54) is 0 Å². The highest BCUT2D eigenvalue weighted by molar-refractivity contribution is 6.19. The second-order valence-electron chi connectivity index (χ2n) is 3.98. The number of alkyl halides is 4. The number of carbonyl (C=O) groups excluding carboxylic acids is 1. The van der Waals surface area contributed by atoms with E-state index in [0.29, 0.717) is 6.61 Å². The van der Waals surface area contributed by atoms with Crippen molar-refractivity contribution in [3.05, 3.63) is 0 Å². The molecule has 8 heteroatoms. The van der Waals surface area contributed by atoms with Gasteiger partial charge in [-0.25, -0.2) is 0 Å². The predicted octanol–water partition coefficient (Wildman–Crippen LogP) is 1.81. The summed E-state index contributed by atoms with van der Waals surface area (Å²) in [5.41, 5.74) is -0.741. The maximum absolute atomic E-state index is 12.2. The fourth-order valence-corrected chi connectivity index (χ4v) is 2.22. The number of hydrogen-bond acceptors (Lipinski definition) is 3. The van der Waals surface area contributed by atoms with E-state index >= 15 is 0 Å². The van der Waals surface area contributed by atoms with Gasteiger partial charge in [-0.15, -0.1) is 0 Å². The lowest BCUT2D eigenvalue weighted by molar-refractivity contribution is -0.179. The summed E-state index contributed by atoms with van der Waals surface area (Å²) in [5.74, 6) is -1.99. The zero-order valence-corrected chi connectivity index (χ0v) is 10.7. The number of halogens is 4. The largest absolute Gasteiger partial charge is 0.471 e. The minimum Gasteiger partial charge on any atom is -0.374 e. The molecule has 106 valence electrons. The summed E-state index contributed by atoms with van der Waals surface area (Å²) in [7, 11) is 0. The number of nitrogens with one attached hydrogen (secondary N) is 1. The molecule has 4 nitrogen and oxygen atoms in total. The van der Waals surface area contributed by atoms with Gasteiger partial charge in [0, 0.05) is 13.0 Å². The molecule has 1 rings (SSSR count). The highest BCUT2D eigenvalue weighted by Crippen LogP contribution is 2.26. The van der Waals surface area contributed by atoms with Crippen molar-refractivity contribution in [2.24, 2.45) is 0 Å². The lowest BCUT2D eigenvalue weighted by Gasteiger charge is -2.38. The number of ether oxygens (including phenoxy) is 2. The normalized spacial score (nSPS) is 33.2. The third kappa shape index (κ3) is 4.00. The quantitative estimate of drug-likeness (QED) is 0.806. The predicted molar refractivity (Wildman–Crippen MR) is 58.2 cm³/mol. The van der Waals surface area contributed by atoms with E-state index in [2.05, 4.69) is 0 Å². The van der Waals surface area contributed by atoms with Crippen molar-refractivity contribution >= 4 is 17.5 Å². The van der Waals surface area contributed by atoms with E-state index in [1.54, 1.807) is 13.8 Å². The first-order valence-corrected chi connectivity index (χ1v) is 5.98.